The van der Waals surface area contributed by atoms with E-state index in [0.717, 1.165) is 41.0 Å². The van der Waals surface area contributed by atoms with Gasteiger partial charge in [-0.2, -0.15) is 5.10 Å². The monoisotopic (exact) mass is 487 g/mol. The molecule has 2 aromatic rings. The molecule has 0 unspecified atom stereocenters. The number of aliphatic hydroxyl groups is 1. The van der Waals surface area contributed by atoms with Gasteiger partial charge < -0.3 is 14.7 Å². The molecule has 36 heavy (non-hydrogen) atoms. The molecule has 5 rings (SSSR count). The van der Waals surface area contributed by atoms with Crippen molar-refractivity contribution in [1.82, 2.24) is 9.91 Å². The van der Waals surface area contributed by atoms with Gasteiger partial charge in [0.05, 0.1) is 24.8 Å². The summed E-state index contributed by atoms with van der Waals surface area (Å²) in [5.74, 6) is 0.723. The van der Waals surface area contributed by atoms with E-state index >= 15 is 0 Å². The van der Waals surface area contributed by atoms with Gasteiger partial charge in [0.2, 0.25) is 5.91 Å². The molecule has 188 valence electrons. The van der Waals surface area contributed by atoms with E-state index in [1.165, 1.54) is 0 Å². The molecule has 0 spiro atoms. The number of benzene rings is 2. The standard InChI is InChI=1S/C29H33N3O4/c1-18(2)32-29(35)24-7-5-4-6-23(24)27(30-32)21-12-13-26(36-3)25(16-21)19-8-10-20(11-9-19)28(34)31-15-14-22(33)17-31/h4-5,8-13,16,18,22-24,33H,6-7,14-15,17H2,1-3H3/t22-,23+,24-/m1/s1. The second-order valence-electron chi connectivity index (χ2n) is 10.1. The number of β-amino-alcohol motifs (C(OH)–C–C–N with tert-alkyl or cyclic N) is 1. The number of likely N-dealkylation sites (tertiary alicyclic amines) is 1. The first-order valence-corrected chi connectivity index (χ1v) is 12.7. The maximum Gasteiger partial charge on any atom is 0.253 e. The molecule has 0 saturated carbocycles. The highest BCUT2D eigenvalue weighted by atomic mass is 16.5. The van der Waals surface area contributed by atoms with E-state index in [1.54, 1.807) is 17.0 Å². The average Bonchev–Trinajstić information content (AvgIpc) is 3.34. The van der Waals surface area contributed by atoms with Crippen LogP contribution >= 0.6 is 0 Å². The Morgan fingerprint density at radius 1 is 1.06 bits per heavy atom. The van der Waals surface area contributed by atoms with Gasteiger partial charge in [-0.3, -0.25) is 9.59 Å². The third-order valence-electron chi connectivity index (χ3n) is 7.42. The number of carbonyl (C=O) groups is 2. The zero-order valence-electron chi connectivity index (χ0n) is 21.1. The number of hydrogen-bond acceptors (Lipinski definition) is 5. The van der Waals surface area contributed by atoms with Crippen LogP contribution in [0.4, 0.5) is 0 Å². The van der Waals surface area contributed by atoms with Crippen molar-refractivity contribution < 1.29 is 19.4 Å². The Morgan fingerprint density at radius 3 is 2.39 bits per heavy atom. The maximum absolute atomic E-state index is 13.1. The van der Waals surface area contributed by atoms with E-state index < -0.39 is 6.10 Å². The molecule has 1 fully saturated rings. The van der Waals surface area contributed by atoms with Gasteiger partial charge in [-0.15, -0.1) is 0 Å². The first-order valence-electron chi connectivity index (χ1n) is 12.7. The van der Waals surface area contributed by atoms with Crippen molar-refractivity contribution in [3.05, 3.63) is 65.7 Å². The molecule has 2 aromatic carbocycles. The van der Waals surface area contributed by atoms with Crippen LogP contribution in [-0.4, -0.2) is 64.9 Å². The van der Waals surface area contributed by atoms with Crippen molar-refractivity contribution in [2.24, 2.45) is 16.9 Å². The van der Waals surface area contributed by atoms with Crippen molar-refractivity contribution >= 4 is 17.5 Å². The number of allylic oxidation sites excluding steroid dienone is 2. The van der Waals surface area contributed by atoms with Crippen LogP contribution in [0.1, 0.15) is 49.0 Å². The predicted octanol–water partition coefficient (Wildman–Crippen LogP) is 4.11. The van der Waals surface area contributed by atoms with Gasteiger partial charge >= 0.3 is 0 Å². The summed E-state index contributed by atoms with van der Waals surface area (Å²) in [6, 6.07) is 13.5. The maximum atomic E-state index is 13.1. The molecular formula is C29H33N3O4. The lowest BCUT2D eigenvalue weighted by Crippen LogP contribution is -2.47. The summed E-state index contributed by atoms with van der Waals surface area (Å²) in [5.41, 5.74) is 4.34. The number of amides is 2. The number of methoxy groups -OCH3 is 1. The molecule has 0 bridgehead atoms. The van der Waals surface area contributed by atoms with Crippen LogP contribution in [0.15, 0.2) is 59.7 Å². The van der Waals surface area contributed by atoms with Gasteiger partial charge in [0.1, 0.15) is 5.75 Å². The molecule has 0 radical (unpaired) electrons. The summed E-state index contributed by atoms with van der Waals surface area (Å²) in [6.07, 6.45) is 5.96. The Balaban J connectivity index is 1.49. The number of hydrazone groups is 1. The lowest BCUT2D eigenvalue weighted by Gasteiger charge is -2.38. The van der Waals surface area contributed by atoms with Crippen LogP contribution in [0.25, 0.3) is 11.1 Å². The molecule has 0 aromatic heterocycles. The Kier molecular flexibility index (Phi) is 6.67. The minimum Gasteiger partial charge on any atom is -0.496 e. The lowest BCUT2D eigenvalue weighted by atomic mass is 9.76. The van der Waals surface area contributed by atoms with Gasteiger partial charge in [0.25, 0.3) is 5.91 Å². The van der Waals surface area contributed by atoms with Gasteiger partial charge in [-0.1, -0.05) is 24.3 Å². The summed E-state index contributed by atoms with van der Waals surface area (Å²) in [4.78, 5) is 27.6. The number of ether oxygens (including phenoxy) is 1. The van der Waals surface area contributed by atoms with Crippen LogP contribution in [0, 0.1) is 11.8 Å². The van der Waals surface area contributed by atoms with Crippen LogP contribution in [0.5, 0.6) is 5.75 Å². The zero-order valence-corrected chi connectivity index (χ0v) is 21.1. The van der Waals surface area contributed by atoms with E-state index in [4.69, 9.17) is 9.84 Å². The summed E-state index contributed by atoms with van der Waals surface area (Å²) < 4.78 is 5.68. The molecular weight excluding hydrogens is 454 g/mol. The molecule has 7 heteroatoms. The fourth-order valence-electron chi connectivity index (χ4n) is 5.43. The number of aliphatic hydroxyl groups excluding tert-OH is 1. The van der Waals surface area contributed by atoms with Crippen LogP contribution in [0.3, 0.4) is 0 Å². The number of hydrogen-bond donors (Lipinski definition) is 1. The van der Waals surface area contributed by atoms with Crippen molar-refractivity contribution in [1.29, 1.82) is 0 Å². The normalized spacial score (nSPS) is 23.6. The highest BCUT2D eigenvalue weighted by Gasteiger charge is 2.40. The third-order valence-corrected chi connectivity index (χ3v) is 7.42. The quantitative estimate of drug-likeness (QED) is 0.644. The van der Waals surface area contributed by atoms with Gasteiger partial charge in [-0.25, -0.2) is 5.01 Å². The largest absolute Gasteiger partial charge is 0.496 e. The van der Waals surface area contributed by atoms with Crippen molar-refractivity contribution in [2.45, 2.75) is 45.3 Å². The molecule has 1 aliphatic carbocycles. The Morgan fingerprint density at radius 2 is 1.75 bits per heavy atom. The predicted molar refractivity (Wildman–Crippen MR) is 139 cm³/mol. The van der Waals surface area contributed by atoms with Crippen LogP contribution in [-0.2, 0) is 4.79 Å². The lowest BCUT2D eigenvalue weighted by molar-refractivity contribution is -0.139. The van der Waals surface area contributed by atoms with Crippen LogP contribution in [0.2, 0.25) is 0 Å². The zero-order chi connectivity index (χ0) is 25.4. The molecule has 1 saturated heterocycles. The fourth-order valence-corrected chi connectivity index (χ4v) is 5.43. The summed E-state index contributed by atoms with van der Waals surface area (Å²) >= 11 is 0. The van der Waals surface area contributed by atoms with E-state index in [0.29, 0.717) is 25.1 Å². The topological polar surface area (TPSA) is 82.4 Å². The molecule has 2 amide bonds. The second kappa shape index (κ2) is 9.90. The Labute approximate surface area is 212 Å². The van der Waals surface area contributed by atoms with Crippen molar-refractivity contribution in [3.63, 3.8) is 0 Å². The highest BCUT2D eigenvalue weighted by Crippen LogP contribution is 2.38. The smallest absolute Gasteiger partial charge is 0.253 e. The van der Waals surface area contributed by atoms with Crippen LogP contribution < -0.4 is 4.74 Å². The van der Waals surface area contributed by atoms with Crippen molar-refractivity contribution in [3.8, 4) is 16.9 Å². The van der Waals surface area contributed by atoms with Gasteiger partial charge in [0.15, 0.2) is 0 Å². The number of carbonyl (C=O) groups excluding carboxylic acids is 2. The summed E-state index contributed by atoms with van der Waals surface area (Å²) in [7, 11) is 1.65. The first kappa shape index (κ1) is 24.3. The SMILES string of the molecule is COc1ccc(C2=NN(C(C)C)C(=O)[C@@H]3CC=CC[C@H]23)cc1-c1ccc(C(=O)N2CC[C@@H](O)C2)cc1. The minimum atomic E-state index is -0.441. The number of rotatable bonds is 5. The minimum absolute atomic E-state index is 0.0149. The summed E-state index contributed by atoms with van der Waals surface area (Å²) in [6.45, 7) is 4.94. The molecule has 7 nitrogen and oxygen atoms in total. The molecule has 1 N–H and O–H groups in total. The van der Waals surface area contributed by atoms with E-state index in [9.17, 15) is 14.7 Å². The number of fused-ring (bicyclic) bond motifs is 1. The first-order chi connectivity index (χ1) is 17.4. The molecule has 2 heterocycles. The Bertz CT molecular complexity index is 1220. The molecule has 2 aliphatic heterocycles. The highest BCUT2D eigenvalue weighted by molar-refractivity contribution is 6.08. The molecule has 3 atom stereocenters. The number of nitrogens with zero attached hydrogens (tertiary/aromatic N) is 3. The second-order valence-corrected chi connectivity index (χ2v) is 10.1. The average molecular weight is 488 g/mol. The van der Waals surface area contributed by atoms with E-state index in [-0.39, 0.29) is 29.7 Å². The van der Waals surface area contributed by atoms with Crippen molar-refractivity contribution in [2.75, 3.05) is 20.2 Å². The Hall–Kier alpha value is -3.45. The van der Waals surface area contributed by atoms with Gasteiger partial charge in [0, 0.05) is 36.2 Å². The van der Waals surface area contributed by atoms with Gasteiger partial charge in [-0.05, 0) is 74.6 Å². The third kappa shape index (κ3) is 4.44. The fraction of sp³-hybridized carbons (Fsp3) is 0.414. The summed E-state index contributed by atoms with van der Waals surface area (Å²) in [5, 5.41) is 16.3. The molecule has 3 aliphatic rings. The van der Waals surface area contributed by atoms with E-state index in [2.05, 4.69) is 18.2 Å². The van der Waals surface area contributed by atoms with E-state index in [1.807, 2.05) is 50.2 Å².